The molecule has 0 amide bonds. The van der Waals surface area contributed by atoms with E-state index in [2.05, 4.69) is 49.1 Å². The SMILES string of the molecule is CCCN(CCC)CCC(C#N)(c1ccccc1)c1ccccc1.Cl. The van der Waals surface area contributed by atoms with E-state index >= 15 is 0 Å². The molecule has 0 saturated heterocycles. The summed E-state index contributed by atoms with van der Waals surface area (Å²) in [5, 5.41) is 10.2. The molecule has 0 aliphatic rings. The summed E-state index contributed by atoms with van der Waals surface area (Å²) in [7, 11) is 0. The quantitative estimate of drug-likeness (QED) is 0.599. The number of nitrogens with zero attached hydrogens (tertiary/aromatic N) is 2. The summed E-state index contributed by atoms with van der Waals surface area (Å²) < 4.78 is 0. The van der Waals surface area contributed by atoms with Crippen molar-refractivity contribution >= 4 is 12.4 Å². The summed E-state index contributed by atoms with van der Waals surface area (Å²) >= 11 is 0. The van der Waals surface area contributed by atoms with E-state index in [4.69, 9.17) is 0 Å². The number of hydrogen-bond acceptors (Lipinski definition) is 2. The smallest absolute Gasteiger partial charge is 0.108 e. The molecule has 3 heteroatoms. The monoisotopic (exact) mass is 356 g/mol. The van der Waals surface area contributed by atoms with Crippen molar-refractivity contribution in [3.8, 4) is 6.07 Å². The molecule has 2 rings (SSSR count). The van der Waals surface area contributed by atoms with Crippen LogP contribution >= 0.6 is 12.4 Å². The van der Waals surface area contributed by atoms with Crippen LogP contribution in [0.25, 0.3) is 0 Å². The third kappa shape index (κ3) is 5.33. The van der Waals surface area contributed by atoms with Crippen molar-refractivity contribution in [2.75, 3.05) is 19.6 Å². The first-order valence-corrected chi connectivity index (χ1v) is 9.01. The maximum atomic E-state index is 10.2. The first-order valence-electron chi connectivity index (χ1n) is 9.01. The van der Waals surface area contributed by atoms with Gasteiger partial charge in [-0.1, -0.05) is 74.5 Å². The van der Waals surface area contributed by atoms with Gasteiger partial charge in [-0.2, -0.15) is 5.26 Å². The fourth-order valence-electron chi connectivity index (χ4n) is 3.38. The molecular formula is C22H29ClN2. The molecule has 0 fully saturated rings. The Morgan fingerprint density at radius 3 is 1.60 bits per heavy atom. The molecule has 2 aromatic rings. The molecule has 0 saturated carbocycles. The van der Waals surface area contributed by atoms with E-state index in [-0.39, 0.29) is 12.4 Å². The Morgan fingerprint density at radius 1 is 0.800 bits per heavy atom. The molecule has 2 aromatic carbocycles. The molecule has 2 nitrogen and oxygen atoms in total. The zero-order valence-electron chi connectivity index (χ0n) is 15.3. The Morgan fingerprint density at radius 2 is 1.24 bits per heavy atom. The maximum absolute atomic E-state index is 10.2. The molecule has 0 radical (unpaired) electrons. The minimum atomic E-state index is -0.581. The first-order chi connectivity index (χ1) is 11.8. The van der Waals surface area contributed by atoms with Crippen LogP contribution < -0.4 is 0 Å². The summed E-state index contributed by atoms with van der Waals surface area (Å²) in [5.41, 5.74) is 1.60. The number of benzene rings is 2. The molecule has 0 atom stereocenters. The Bertz CT molecular complexity index is 589. The fraction of sp³-hybridized carbons (Fsp3) is 0.409. The van der Waals surface area contributed by atoms with E-state index in [1.54, 1.807) is 0 Å². The van der Waals surface area contributed by atoms with Crippen LogP contribution in [0.2, 0.25) is 0 Å². The molecule has 134 valence electrons. The van der Waals surface area contributed by atoms with Gasteiger partial charge in [0.15, 0.2) is 0 Å². The predicted molar refractivity (Wildman–Crippen MR) is 108 cm³/mol. The Kier molecular flexibility index (Phi) is 9.27. The second-order valence-corrected chi connectivity index (χ2v) is 6.34. The van der Waals surface area contributed by atoms with E-state index in [1.807, 2.05) is 36.4 Å². The van der Waals surface area contributed by atoms with E-state index in [9.17, 15) is 5.26 Å². The van der Waals surface area contributed by atoms with Gasteiger partial charge in [-0.3, -0.25) is 0 Å². The van der Waals surface area contributed by atoms with Crippen molar-refractivity contribution in [2.24, 2.45) is 0 Å². The average Bonchev–Trinajstić information content (AvgIpc) is 2.65. The molecule has 0 spiro atoms. The topological polar surface area (TPSA) is 27.0 Å². The molecule has 0 unspecified atom stereocenters. The lowest BCUT2D eigenvalue weighted by Crippen LogP contribution is -2.34. The minimum absolute atomic E-state index is 0. The molecule has 0 N–H and O–H groups in total. The van der Waals surface area contributed by atoms with Gasteiger partial charge in [0.1, 0.15) is 5.41 Å². The first kappa shape index (κ1) is 21.2. The summed E-state index contributed by atoms with van der Waals surface area (Å²) in [6.45, 7) is 7.57. The highest BCUT2D eigenvalue weighted by Crippen LogP contribution is 2.35. The van der Waals surface area contributed by atoms with Crippen molar-refractivity contribution in [3.63, 3.8) is 0 Å². The molecule has 0 heterocycles. The van der Waals surface area contributed by atoms with Crippen LogP contribution in [-0.2, 0) is 5.41 Å². The second kappa shape index (κ2) is 10.9. The van der Waals surface area contributed by atoms with Crippen molar-refractivity contribution < 1.29 is 0 Å². The lowest BCUT2D eigenvalue weighted by atomic mass is 9.73. The van der Waals surface area contributed by atoms with Gasteiger partial charge in [0, 0.05) is 6.54 Å². The van der Waals surface area contributed by atoms with Crippen LogP contribution in [0, 0.1) is 11.3 Å². The highest BCUT2D eigenvalue weighted by Gasteiger charge is 2.34. The Hall–Kier alpha value is -1.82. The maximum Gasteiger partial charge on any atom is 0.108 e. The Labute approximate surface area is 158 Å². The van der Waals surface area contributed by atoms with Crippen LogP contribution in [0.3, 0.4) is 0 Å². The number of nitriles is 1. The van der Waals surface area contributed by atoms with Crippen molar-refractivity contribution in [1.82, 2.24) is 4.90 Å². The van der Waals surface area contributed by atoms with Crippen LogP contribution in [0.1, 0.15) is 44.2 Å². The van der Waals surface area contributed by atoms with E-state index < -0.39 is 5.41 Å². The zero-order chi connectivity index (χ0) is 17.3. The zero-order valence-corrected chi connectivity index (χ0v) is 16.1. The Balaban J connectivity index is 0.00000312. The highest BCUT2D eigenvalue weighted by molar-refractivity contribution is 5.85. The normalized spacial score (nSPS) is 11.0. The van der Waals surface area contributed by atoms with Crippen LogP contribution in [-0.4, -0.2) is 24.5 Å². The van der Waals surface area contributed by atoms with E-state index in [1.165, 1.54) is 0 Å². The van der Waals surface area contributed by atoms with Gasteiger partial charge in [-0.25, -0.2) is 0 Å². The van der Waals surface area contributed by atoms with Crippen molar-refractivity contribution in [2.45, 2.75) is 38.5 Å². The van der Waals surface area contributed by atoms with Gasteiger partial charge < -0.3 is 4.90 Å². The van der Waals surface area contributed by atoms with Gasteiger partial charge in [-0.05, 0) is 43.5 Å². The third-order valence-electron chi connectivity index (χ3n) is 4.61. The van der Waals surface area contributed by atoms with Gasteiger partial charge >= 0.3 is 0 Å². The number of halogens is 1. The lowest BCUT2D eigenvalue weighted by molar-refractivity contribution is 0.259. The summed E-state index contributed by atoms with van der Waals surface area (Å²) in [4.78, 5) is 2.48. The second-order valence-electron chi connectivity index (χ2n) is 6.34. The van der Waals surface area contributed by atoms with Gasteiger partial charge in [-0.15, -0.1) is 12.4 Å². The largest absolute Gasteiger partial charge is 0.303 e. The minimum Gasteiger partial charge on any atom is -0.303 e. The number of hydrogen-bond donors (Lipinski definition) is 0. The average molecular weight is 357 g/mol. The predicted octanol–water partition coefficient (Wildman–Crippen LogP) is 5.43. The van der Waals surface area contributed by atoms with Crippen LogP contribution in [0.4, 0.5) is 0 Å². The fourth-order valence-corrected chi connectivity index (χ4v) is 3.38. The molecular weight excluding hydrogens is 328 g/mol. The van der Waals surface area contributed by atoms with Gasteiger partial charge in [0.2, 0.25) is 0 Å². The molecule has 0 aromatic heterocycles. The summed E-state index contributed by atoms with van der Waals surface area (Å²) in [6, 6.07) is 23.1. The van der Waals surface area contributed by atoms with Gasteiger partial charge in [0.25, 0.3) is 0 Å². The van der Waals surface area contributed by atoms with Crippen molar-refractivity contribution in [3.05, 3.63) is 71.8 Å². The molecule has 25 heavy (non-hydrogen) atoms. The van der Waals surface area contributed by atoms with E-state index in [0.29, 0.717) is 0 Å². The van der Waals surface area contributed by atoms with Crippen LogP contribution in [0.5, 0.6) is 0 Å². The summed E-state index contributed by atoms with van der Waals surface area (Å²) in [6.07, 6.45) is 3.12. The van der Waals surface area contributed by atoms with Crippen LogP contribution in [0.15, 0.2) is 60.7 Å². The lowest BCUT2D eigenvalue weighted by Gasteiger charge is -2.31. The molecule has 0 bridgehead atoms. The van der Waals surface area contributed by atoms with Gasteiger partial charge in [0.05, 0.1) is 6.07 Å². The van der Waals surface area contributed by atoms with Crippen molar-refractivity contribution in [1.29, 1.82) is 5.26 Å². The van der Waals surface area contributed by atoms with E-state index in [0.717, 1.165) is 50.0 Å². The standard InChI is InChI=1S/C22H28N2.ClH/c1-3-16-24(17-4-2)18-15-22(19-23,20-11-7-5-8-12-20)21-13-9-6-10-14-21;/h5-14H,3-4,15-18H2,1-2H3;1H. The highest BCUT2D eigenvalue weighted by atomic mass is 35.5. The third-order valence-corrected chi connectivity index (χ3v) is 4.61. The molecule has 0 aliphatic heterocycles. The summed E-state index contributed by atoms with van der Waals surface area (Å²) in [5.74, 6) is 0. The number of rotatable bonds is 9. The molecule has 0 aliphatic carbocycles.